The number of halogens is 1. The zero-order valence-corrected chi connectivity index (χ0v) is 11.1. The average molecular weight is 250 g/mol. The molecule has 1 heterocycles. The third-order valence-electron chi connectivity index (χ3n) is 2.71. The largest absolute Gasteiger partial charge is 0.355 e. The van der Waals surface area contributed by atoms with Gasteiger partial charge in [-0.25, -0.2) is 0 Å². The number of carbonyl (C=O) groups excluding carboxylic acids is 1. The van der Waals surface area contributed by atoms with Crippen LogP contribution < -0.4 is 11.1 Å². The van der Waals surface area contributed by atoms with E-state index >= 15 is 0 Å². The van der Waals surface area contributed by atoms with Crippen LogP contribution in [0.15, 0.2) is 0 Å². The molecule has 1 rings (SSSR count). The maximum atomic E-state index is 11.5. The quantitative estimate of drug-likeness (QED) is 0.767. The number of hydrogen-bond donors (Lipinski definition) is 2. The average Bonchev–Trinajstić information content (AvgIpc) is 2.19. The molecule has 3 N–H and O–H groups in total. The standard InChI is InChI=1S/C11H23N3O.ClH/c1-9(2)7-13-11(15)8-14-5-3-10(12)4-6-14;/h9-10H,3-8,12H2,1-2H3,(H,13,15);1H. The summed E-state index contributed by atoms with van der Waals surface area (Å²) in [6.45, 7) is 7.40. The second-order valence-electron chi connectivity index (χ2n) is 4.81. The maximum Gasteiger partial charge on any atom is 0.234 e. The van der Waals surface area contributed by atoms with Crippen molar-refractivity contribution in [1.82, 2.24) is 10.2 Å². The third kappa shape index (κ3) is 6.30. The highest BCUT2D eigenvalue weighted by Gasteiger charge is 2.17. The number of nitrogens with zero attached hydrogens (tertiary/aromatic N) is 1. The highest BCUT2D eigenvalue weighted by atomic mass is 35.5. The van der Waals surface area contributed by atoms with Crippen molar-refractivity contribution in [2.24, 2.45) is 11.7 Å². The van der Waals surface area contributed by atoms with E-state index in [0.717, 1.165) is 32.5 Å². The molecule has 0 radical (unpaired) electrons. The van der Waals surface area contributed by atoms with Crippen molar-refractivity contribution in [3.63, 3.8) is 0 Å². The first-order chi connectivity index (χ1) is 7.08. The Hall–Kier alpha value is -0.320. The first-order valence-corrected chi connectivity index (χ1v) is 5.82. The highest BCUT2D eigenvalue weighted by molar-refractivity contribution is 5.85. The van der Waals surface area contributed by atoms with Crippen LogP contribution in [0.2, 0.25) is 0 Å². The zero-order chi connectivity index (χ0) is 11.3. The van der Waals surface area contributed by atoms with Gasteiger partial charge in [0.05, 0.1) is 6.54 Å². The Kier molecular flexibility index (Phi) is 7.72. The molecule has 0 unspecified atom stereocenters. The van der Waals surface area contributed by atoms with Crippen LogP contribution in [0.3, 0.4) is 0 Å². The summed E-state index contributed by atoms with van der Waals surface area (Å²) in [5.41, 5.74) is 5.80. The van der Waals surface area contributed by atoms with E-state index in [-0.39, 0.29) is 18.3 Å². The van der Waals surface area contributed by atoms with E-state index in [4.69, 9.17) is 5.73 Å². The van der Waals surface area contributed by atoms with Crippen molar-refractivity contribution in [1.29, 1.82) is 0 Å². The Morgan fingerprint density at radius 3 is 2.50 bits per heavy atom. The number of piperidine rings is 1. The molecule has 0 atom stereocenters. The van der Waals surface area contributed by atoms with Crippen molar-refractivity contribution < 1.29 is 4.79 Å². The molecule has 0 bridgehead atoms. The van der Waals surface area contributed by atoms with Crippen molar-refractivity contribution >= 4 is 18.3 Å². The zero-order valence-electron chi connectivity index (χ0n) is 10.2. The Morgan fingerprint density at radius 1 is 1.44 bits per heavy atom. The van der Waals surface area contributed by atoms with Gasteiger partial charge in [-0.2, -0.15) is 0 Å². The van der Waals surface area contributed by atoms with E-state index in [1.165, 1.54) is 0 Å². The molecule has 1 aliphatic heterocycles. The van der Waals surface area contributed by atoms with Crippen LogP contribution >= 0.6 is 12.4 Å². The Morgan fingerprint density at radius 2 is 2.00 bits per heavy atom. The van der Waals surface area contributed by atoms with Crippen LogP contribution in [0.4, 0.5) is 0 Å². The molecule has 0 aromatic heterocycles. The Labute approximate surface area is 104 Å². The topological polar surface area (TPSA) is 58.4 Å². The lowest BCUT2D eigenvalue weighted by molar-refractivity contribution is -0.122. The molecule has 0 aromatic rings. The fourth-order valence-electron chi connectivity index (χ4n) is 1.69. The molecule has 0 aliphatic carbocycles. The van der Waals surface area contributed by atoms with Gasteiger partial charge in [0.15, 0.2) is 0 Å². The van der Waals surface area contributed by atoms with E-state index in [2.05, 4.69) is 24.1 Å². The molecule has 1 saturated heterocycles. The Bertz CT molecular complexity index is 203. The summed E-state index contributed by atoms with van der Waals surface area (Å²) in [6.07, 6.45) is 2.02. The SMILES string of the molecule is CC(C)CNC(=O)CN1CCC(N)CC1.Cl. The number of nitrogens with one attached hydrogen (secondary N) is 1. The van der Waals surface area contributed by atoms with Crippen LogP contribution in [0.5, 0.6) is 0 Å². The molecular formula is C11H24ClN3O. The second-order valence-corrected chi connectivity index (χ2v) is 4.81. The third-order valence-corrected chi connectivity index (χ3v) is 2.71. The van der Waals surface area contributed by atoms with Gasteiger partial charge in [0.1, 0.15) is 0 Å². The number of rotatable bonds is 4. The van der Waals surface area contributed by atoms with E-state index in [1.54, 1.807) is 0 Å². The molecule has 1 amide bonds. The summed E-state index contributed by atoms with van der Waals surface area (Å²) in [6, 6.07) is 0.333. The van der Waals surface area contributed by atoms with E-state index in [9.17, 15) is 4.79 Å². The lowest BCUT2D eigenvalue weighted by Crippen LogP contribution is -2.45. The molecule has 96 valence electrons. The first-order valence-electron chi connectivity index (χ1n) is 5.82. The molecule has 0 spiro atoms. The van der Waals surface area contributed by atoms with Gasteiger partial charge in [-0.3, -0.25) is 9.69 Å². The van der Waals surface area contributed by atoms with Crippen molar-refractivity contribution in [3.05, 3.63) is 0 Å². The van der Waals surface area contributed by atoms with Crippen LogP contribution in [0.25, 0.3) is 0 Å². The summed E-state index contributed by atoms with van der Waals surface area (Å²) in [5, 5.41) is 2.93. The van der Waals surface area contributed by atoms with Crippen LogP contribution in [-0.2, 0) is 4.79 Å². The lowest BCUT2D eigenvalue weighted by Gasteiger charge is -2.29. The summed E-state index contributed by atoms with van der Waals surface area (Å²) in [5.74, 6) is 0.655. The number of likely N-dealkylation sites (tertiary alicyclic amines) is 1. The minimum absolute atomic E-state index is 0. The van der Waals surface area contributed by atoms with Gasteiger partial charge in [-0.1, -0.05) is 13.8 Å². The van der Waals surface area contributed by atoms with Gasteiger partial charge in [0.2, 0.25) is 5.91 Å². The minimum atomic E-state index is 0. The molecule has 0 aromatic carbocycles. The Balaban J connectivity index is 0.00000225. The summed E-state index contributed by atoms with van der Waals surface area (Å²) < 4.78 is 0. The van der Waals surface area contributed by atoms with Gasteiger partial charge in [0, 0.05) is 25.7 Å². The van der Waals surface area contributed by atoms with Crippen LogP contribution in [-0.4, -0.2) is 43.0 Å². The van der Waals surface area contributed by atoms with E-state index in [1.807, 2.05) is 0 Å². The predicted octanol–water partition coefficient (Wildman–Crippen LogP) is 0.604. The fourth-order valence-corrected chi connectivity index (χ4v) is 1.69. The van der Waals surface area contributed by atoms with Gasteiger partial charge in [0.25, 0.3) is 0 Å². The molecule has 0 saturated carbocycles. The molecule has 16 heavy (non-hydrogen) atoms. The molecule has 1 aliphatic rings. The summed E-state index contributed by atoms with van der Waals surface area (Å²) >= 11 is 0. The number of carbonyl (C=O) groups is 1. The van der Waals surface area contributed by atoms with E-state index < -0.39 is 0 Å². The maximum absolute atomic E-state index is 11.5. The fraction of sp³-hybridized carbons (Fsp3) is 0.909. The molecule has 5 heteroatoms. The highest BCUT2D eigenvalue weighted by Crippen LogP contribution is 2.07. The predicted molar refractivity (Wildman–Crippen MR) is 68.7 cm³/mol. The van der Waals surface area contributed by atoms with Gasteiger partial charge < -0.3 is 11.1 Å². The lowest BCUT2D eigenvalue weighted by atomic mass is 10.1. The summed E-state index contributed by atoms with van der Waals surface area (Å²) in [4.78, 5) is 13.7. The minimum Gasteiger partial charge on any atom is -0.355 e. The van der Waals surface area contributed by atoms with E-state index in [0.29, 0.717) is 18.5 Å². The van der Waals surface area contributed by atoms with Crippen LogP contribution in [0, 0.1) is 5.92 Å². The number of amides is 1. The number of nitrogens with two attached hydrogens (primary N) is 1. The monoisotopic (exact) mass is 249 g/mol. The van der Waals surface area contributed by atoms with Crippen molar-refractivity contribution in [2.75, 3.05) is 26.2 Å². The van der Waals surface area contributed by atoms with Crippen molar-refractivity contribution in [2.45, 2.75) is 32.7 Å². The molecule has 4 nitrogen and oxygen atoms in total. The summed E-state index contributed by atoms with van der Waals surface area (Å²) in [7, 11) is 0. The normalized spacial score (nSPS) is 18.2. The van der Waals surface area contributed by atoms with Gasteiger partial charge in [-0.15, -0.1) is 12.4 Å². The van der Waals surface area contributed by atoms with Crippen LogP contribution in [0.1, 0.15) is 26.7 Å². The smallest absolute Gasteiger partial charge is 0.234 e. The second kappa shape index (κ2) is 7.87. The first kappa shape index (κ1) is 15.7. The number of hydrogen-bond acceptors (Lipinski definition) is 3. The van der Waals surface area contributed by atoms with Gasteiger partial charge >= 0.3 is 0 Å². The molecule has 1 fully saturated rings. The molecular weight excluding hydrogens is 226 g/mol. The van der Waals surface area contributed by atoms with Crippen molar-refractivity contribution in [3.8, 4) is 0 Å². The van der Waals surface area contributed by atoms with Gasteiger partial charge in [-0.05, 0) is 18.8 Å².